The number of hydrogen-bond donors (Lipinski definition) is 2. The molecule has 1 aromatic heterocycles. The van der Waals surface area contributed by atoms with E-state index in [1.807, 2.05) is 31.2 Å². The van der Waals surface area contributed by atoms with E-state index in [-0.39, 0.29) is 18.4 Å². The third-order valence-corrected chi connectivity index (χ3v) is 3.08. The molecule has 21 heavy (non-hydrogen) atoms. The number of aliphatic carboxylic acids is 1. The minimum atomic E-state index is -0.917. The van der Waals surface area contributed by atoms with Crippen molar-refractivity contribution in [1.82, 2.24) is 4.98 Å². The largest absolute Gasteiger partial charge is 0.493 e. The van der Waals surface area contributed by atoms with Gasteiger partial charge in [0.05, 0.1) is 12.3 Å². The number of carbonyl (C=O) groups is 1. The standard InChI is InChI=1S/C16H17NO4/c1-2-21-14-6-4-3-5-12(14)13-9-7-11(16(20)17-13)8-10-15(18)19/h3-7,9H,2,8,10H2,1H3,(H,17,20)(H,18,19). The summed E-state index contributed by atoms with van der Waals surface area (Å²) in [5.74, 6) is -0.214. The van der Waals surface area contributed by atoms with Gasteiger partial charge in [-0.25, -0.2) is 0 Å². The summed E-state index contributed by atoms with van der Waals surface area (Å²) < 4.78 is 5.54. The first-order valence-corrected chi connectivity index (χ1v) is 6.78. The summed E-state index contributed by atoms with van der Waals surface area (Å²) in [5, 5.41) is 8.66. The lowest BCUT2D eigenvalue weighted by Gasteiger charge is -2.10. The number of nitrogens with one attached hydrogen (secondary N) is 1. The van der Waals surface area contributed by atoms with Crippen LogP contribution in [0.15, 0.2) is 41.2 Å². The number of H-pyrrole nitrogens is 1. The number of aromatic nitrogens is 1. The average Bonchev–Trinajstić information content (AvgIpc) is 2.47. The fraction of sp³-hybridized carbons (Fsp3) is 0.250. The molecule has 0 aliphatic carbocycles. The predicted molar refractivity (Wildman–Crippen MR) is 79.6 cm³/mol. The Kier molecular flexibility index (Phi) is 4.77. The molecule has 0 fully saturated rings. The summed E-state index contributed by atoms with van der Waals surface area (Å²) in [6, 6.07) is 10.9. The maximum Gasteiger partial charge on any atom is 0.303 e. The van der Waals surface area contributed by atoms with Crippen LogP contribution in [0.25, 0.3) is 11.3 Å². The van der Waals surface area contributed by atoms with Gasteiger partial charge in [-0.3, -0.25) is 9.59 Å². The number of hydrogen-bond acceptors (Lipinski definition) is 3. The smallest absolute Gasteiger partial charge is 0.303 e. The Morgan fingerprint density at radius 1 is 1.24 bits per heavy atom. The third-order valence-electron chi connectivity index (χ3n) is 3.08. The Morgan fingerprint density at radius 2 is 2.00 bits per heavy atom. The van der Waals surface area contributed by atoms with Gasteiger partial charge in [-0.2, -0.15) is 0 Å². The Labute approximate surface area is 122 Å². The molecule has 5 heteroatoms. The van der Waals surface area contributed by atoms with Crippen LogP contribution in [0.2, 0.25) is 0 Å². The van der Waals surface area contributed by atoms with E-state index < -0.39 is 5.97 Å². The second kappa shape index (κ2) is 6.74. The van der Waals surface area contributed by atoms with Crippen LogP contribution in [-0.4, -0.2) is 22.7 Å². The molecule has 2 rings (SSSR count). The Bertz CT molecular complexity index is 691. The summed E-state index contributed by atoms with van der Waals surface area (Å²) >= 11 is 0. The summed E-state index contributed by atoms with van der Waals surface area (Å²) in [6.07, 6.45) is 0.163. The molecule has 0 saturated heterocycles. The molecule has 0 aliphatic heterocycles. The van der Waals surface area contributed by atoms with Crippen LogP contribution in [0.3, 0.4) is 0 Å². The van der Waals surface area contributed by atoms with Gasteiger partial charge in [0.1, 0.15) is 5.75 Å². The number of ether oxygens (including phenoxy) is 1. The molecule has 0 radical (unpaired) electrons. The summed E-state index contributed by atoms with van der Waals surface area (Å²) in [4.78, 5) is 25.4. The maximum atomic E-state index is 12.0. The van der Waals surface area contributed by atoms with Gasteiger partial charge in [-0.1, -0.05) is 18.2 Å². The second-order valence-electron chi connectivity index (χ2n) is 4.55. The van der Waals surface area contributed by atoms with E-state index in [4.69, 9.17) is 9.84 Å². The molecule has 2 N–H and O–H groups in total. The fourth-order valence-electron chi connectivity index (χ4n) is 2.07. The van der Waals surface area contributed by atoms with Crippen LogP contribution < -0.4 is 10.3 Å². The van der Waals surface area contributed by atoms with Gasteiger partial charge >= 0.3 is 5.97 Å². The van der Waals surface area contributed by atoms with Crippen LogP contribution in [0.5, 0.6) is 5.75 Å². The topological polar surface area (TPSA) is 79.4 Å². The molecule has 0 bridgehead atoms. The zero-order valence-electron chi connectivity index (χ0n) is 11.8. The molecule has 0 saturated carbocycles. The number of para-hydroxylation sites is 1. The van der Waals surface area contributed by atoms with Gasteiger partial charge in [0.25, 0.3) is 5.56 Å². The number of carboxylic acids is 1. The van der Waals surface area contributed by atoms with Crippen molar-refractivity contribution in [2.75, 3.05) is 6.61 Å². The van der Waals surface area contributed by atoms with Crippen molar-refractivity contribution in [3.63, 3.8) is 0 Å². The van der Waals surface area contributed by atoms with Gasteiger partial charge in [0, 0.05) is 17.5 Å². The fourth-order valence-corrected chi connectivity index (χ4v) is 2.07. The van der Waals surface area contributed by atoms with Crippen molar-refractivity contribution >= 4 is 5.97 Å². The van der Waals surface area contributed by atoms with Crippen molar-refractivity contribution < 1.29 is 14.6 Å². The number of benzene rings is 1. The van der Waals surface area contributed by atoms with Crippen molar-refractivity contribution in [1.29, 1.82) is 0 Å². The normalized spacial score (nSPS) is 10.3. The lowest BCUT2D eigenvalue weighted by molar-refractivity contribution is -0.136. The quantitative estimate of drug-likeness (QED) is 0.855. The number of carboxylic acid groups (broad SMARTS) is 1. The van der Waals surface area contributed by atoms with E-state index in [1.165, 1.54) is 0 Å². The third kappa shape index (κ3) is 3.72. The Balaban J connectivity index is 2.32. The number of aryl methyl sites for hydroxylation is 1. The Morgan fingerprint density at radius 3 is 2.67 bits per heavy atom. The monoisotopic (exact) mass is 287 g/mol. The van der Waals surface area contributed by atoms with Crippen LogP contribution >= 0.6 is 0 Å². The molecule has 0 unspecified atom stereocenters. The molecule has 2 aromatic rings. The van der Waals surface area contributed by atoms with Gasteiger partial charge in [-0.15, -0.1) is 0 Å². The maximum absolute atomic E-state index is 12.0. The number of rotatable bonds is 6. The highest BCUT2D eigenvalue weighted by atomic mass is 16.5. The van der Waals surface area contributed by atoms with Crippen molar-refractivity contribution in [2.24, 2.45) is 0 Å². The zero-order chi connectivity index (χ0) is 15.2. The first-order valence-electron chi connectivity index (χ1n) is 6.78. The van der Waals surface area contributed by atoms with Crippen LogP contribution in [-0.2, 0) is 11.2 Å². The van der Waals surface area contributed by atoms with E-state index >= 15 is 0 Å². The number of pyridine rings is 1. The van der Waals surface area contributed by atoms with E-state index in [1.54, 1.807) is 12.1 Å². The van der Waals surface area contributed by atoms with E-state index in [2.05, 4.69) is 4.98 Å². The Hall–Kier alpha value is -2.56. The summed E-state index contributed by atoms with van der Waals surface area (Å²) in [5.41, 5.74) is 1.67. The molecule has 0 aliphatic rings. The van der Waals surface area contributed by atoms with E-state index in [0.717, 1.165) is 5.56 Å². The molecule has 1 aromatic carbocycles. The molecule has 0 spiro atoms. The minimum absolute atomic E-state index is 0.0576. The van der Waals surface area contributed by atoms with Gasteiger partial charge in [-0.05, 0) is 31.5 Å². The van der Waals surface area contributed by atoms with Crippen molar-refractivity contribution in [3.8, 4) is 17.0 Å². The highest BCUT2D eigenvalue weighted by Crippen LogP contribution is 2.27. The van der Waals surface area contributed by atoms with Crippen molar-refractivity contribution in [2.45, 2.75) is 19.8 Å². The van der Waals surface area contributed by atoms with E-state index in [0.29, 0.717) is 23.6 Å². The van der Waals surface area contributed by atoms with Gasteiger partial charge in [0.15, 0.2) is 0 Å². The van der Waals surface area contributed by atoms with Crippen molar-refractivity contribution in [3.05, 3.63) is 52.3 Å². The van der Waals surface area contributed by atoms with Crippen LogP contribution in [0.4, 0.5) is 0 Å². The van der Waals surface area contributed by atoms with Crippen LogP contribution in [0, 0.1) is 0 Å². The molecule has 0 amide bonds. The number of aromatic amines is 1. The minimum Gasteiger partial charge on any atom is -0.493 e. The molecule has 0 atom stereocenters. The molecular weight excluding hydrogens is 270 g/mol. The predicted octanol–water partition coefficient (Wildman–Crippen LogP) is 2.46. The molecule has 1 heterocycles. The summed E-state index contributed by atoms with van der Waals surface area (Å²) in [7, 11) is 0. The second-order valence-corrected chi connectivity index (χ2v) is 4.55. The van der Waals surface area contributed by atoms with E-state index in [9.17, 15) is 9.59 Å². The molecule has 110 valence electrons. The summed E-state index contributed by atoms with van der Waals surface area (Å²) in [6.45, 7) is 2.44. The lowest BCUT2D eigenvalue weighted by atomic mass is 10.1. The highest BCUT2D eigenvalue weighted by Gasteiger charge is 2.09. The first-order chi connectivity index (χ1) is 10.1. The zero-order valence-corrected chi connectivity index (χ0v) is 11.8. The van der Waals surface area contributed by atoms with Gasteiger partial charge in [0.2, 0.25) is 0 Å². The first kappa shape index (κ1) is 14.8. The molecule has 5 nitrogen and oxygen atoms in total. The average molecular weight is 287 g/mol. The van der Waals surface area contributed by atoms with Crippen LogP contribution in [0.1, 0.15) is 18.9 Å². The molecular formula is C16H17NO4. The SMILES string of the molecule is CCOc1ccccc1-c1ccc(CCC(=O)O)c(=O)[nH]1. The lowest BCUT2D eigenvalue weighted by Crippen LogP contribution is -2.14. The highest BCUT2D eigenvalue weighted by molar-refractivity contribution is 5.68. The van der Waals surface area contributed by atoms with Gasteiger partial charge < -0.3 is 14.8 Å².